The zero-order valence-electron chi connectivity index (χ0n) is 39.7. The minimum atomic E-state index is 0.758. The Morgan fingerprint density at radius 1 is 0.397 bits per heavy atom. The fraction of sp³-hybridized carbons (Fsp3) is 0.0149. The first-order valence-electron chi connectivity index (χ1n) is 24.9. The van der Waals surface area contributed by atoms with Crippen LogP contribution in [-0.2, 0) is 0 Å². The predicted octanol–water partition coefficient (Wildman–Crippen LogP) is 19.2. The number of rotatable bonds is 8. The summed E-state index contributed by atoms with van der Waals surface area (Å²) in [5, 5.41) is 12.9. The van der Waals surface area contributed by atoms with E-state index in [1.165, 1.54) is 65.2 Å². The summed E-state index contributed by atoms with van der Waals surface area (Å²) < 4.78 is 18.5. The van der Waals surface area contributed by atoms with Crippen LogP contribution in [0.3, 0.4) is 0 Å². The summed E-state index contributed by atoms with van der Waals surface area (Å²) in [6, 6.07) is 74.7. The number of furan rings is 2. The van der Waals surface area contributed by atoms with Gasteiger partial charge in [0.25, 0.3) is 0 Å². The number of anilines is 6. The first-order valence-corrected chi connectivity index (χ1v) is 24.9. The Balaban J connectivity index is 0.950. The fourth-order valence-corrected chi connectivity index (χ4v) is 12.6. The molecule has 0 N–H and O–H groups in total. The summed E-state index contributed by atoms with van der Waals surface area (Å²) in [5.74, 6) is 0.758. The molecule has 0 radical (unpaired) electrons. The maximum atomic E-state index is 6.73. The molecule has 6 nitrogen and oxygen atoms in total. The lowest BCUT2D eigenvalue weighted by Crippen LogP contribution is -2.10. The fourth-order valence-electron chi connectivity index (χ4n) is 12.6. The van der Waals surface area contributed by atoms with Crippen molar-refractivity contribution in [3.05, 3.63) is 230 Å². The second kappa shape index (κ2) is 14.9. The van der Waals surface area contributed by atoms with Gasteiger partial charge in [0.2, 0.25) is 0 Å². The number of fused-ring (bicyclic) bond motifs is 16. The van der Waals surface area contributed by atoms with Gasteiger partial charge < -0.3 is 27.4 Å². The second-order valence-electron chi connectivity index (χ2n) is 19.1. The van der Waals surface area contributed by atoms with Gasteiger partial charge in [-0.25, -0.2) is 0 Å². The number of allylic oxidation sites excluding steroid dienone is 1. The smallest absolute Gasteiger partial charge is 0.159 e. The number of benzene rings is 10. The molecule has 16 aromatic rings. The molecule has 0 bridgehead atoms. The second-order valence-corrected chi connectivity index (χ2v) is 19.1. The molecule has 342 valence electrons. The zero-order valence-corrected chi connectivity index (χ0v) is 39.7. The average molecular weight is 935 g/mol. The predicted molar refractivity (Wildman–Crippen MR) is 307 cm³/mol. The lowest BCUT2D eigenvalue weighted by atomic mass is 10.0. The van der Waals surface area contributed by atoms with Crippen molar-refractivity contribution in [3.8, 4) is 0 Å². The standard InChI is InChI=1S/C67H42N4O2/c1-3-19-42-46-27-15-35-56(66(46)72-60(42)4-2)68(40-20-7-5-8-21-40)52-31-17-33-54-62(52)48-29-13-25-44-50-39-59-51(38-58(50)70(54)64(44)48)45-26-14-30-49-63-53(32-18-34-55(63)71(59)65(45)49)69(41-22-9-6-10-23-41)57-36-16-28-47-43-24-11-12-37-61(43)73-67(47)57/h3-39H,2H2,1H3/b19-3-. The van der Waals surface area contributed by atoms with Gasteiger partial charge in [-0.05, 0) is 91.9 Å². The van der Waals surface area contributed by atoms with E-state index in [-0.39, 0.29) is 0 Å². The van der Waals surface area contributed by atoms with Gasteiger partial charge in [-0.2, -0.15) is 0 Å². The number of aromatic nitrogens is 2. The highest BCUT2D eigenvalue weighted by molar-refractivity contribution is 6.31. The van der Waals surface area contributed by atoms with Crippen molar-refractivity contribution in [3.63, 3.8) is 0 Å². The summed E-state index contributed by atoms with van der Waals surface area (Å²) in [5.41, 5.74) is 17.0. The van der Waals surface area contributed by atoms with E-state index in [4.69, 9.17) is 8.83 Å². The van der Waals surface area contributed by atoms with Crippen LogP contribution in [0.15, 0.2) is 228 Å². The number of para-hydroxylation sites is 7. The van der Waals surface area contributed by atoms with E-state index in [2.05, 4.69) is 238 Å². The van der Waals surface area contributed by atoms with Gasteiger partial charge in [0.1, 0.15) is 11.3 Å². The molecule has 0 atom stereocenters. The highest BCUT2D eigenvalue weighted by atomic mass is 16.3. The van der Waals surface area contributed by atoms with Crippen LogP contribution in [0.25, 0.3) is 121 Å². The van der Waals surface area contributed by atoms with Gasteiger partial charge in [0.05, 0.1) is 55.8 Å². The Morgan fingerprint density at radius 2 is 0.849 bits per heavy atom. The van der Waals surface area contributed by atoms with Crippen LogP contribution >= 0.6 is 0 Å². The molecule has 6 heteroatoms. The molecule has 0 unspecified atom stereocenters. The van der Waals surface area contributed by atoms with Crippen molar-refractivity contribution >= 4 is 155 Å². The van der Waals surface area contributed by atoms with Gasteiger partial charge in [-0.1, -0.05) is 146 Å². The van der Waals surface area contributed by atoms with Crippen molar-refractivity contribution in [1.82, 2.24) is 8.80 Å². The van der Waals surface area contributed by atoms with Crippen molar-refractivity contribution in [1.29, 1.82) is 0 Å². The summed E-state index contributed by atoms with van der Waals surface area (Å²) in [6.45, 7) is 6.16. The largest absolute Gasteiger partial charge is 0.454 e. The van der Waals surface area contributed by atoms with Crippen LogP contribution in [0.4, 0.5) is 34.1 Å². The lowest BCUT2D eigenvalue weighted by molar-refractivity contribution is 0.604. The average Bonchev–Trinajstić information content (AvgIpc) is 4.30. The molecule has 73 heavy (non-hydrogen) atoms. The molecule has 0 saturated heterocycles. The molecule has 6 aromatic heterocycles. The van der Waals surface area contributed by atoms with Crippen LogP contribution in [0.2, 0.25) is 0 Å². The van der Waals surface area contributed by atoms with E-state index >= 15 is 0 Å². The molecule has 0 fully saturated rings. The summed E-state index contributed by atoms with van der Waals surface area (Å²) >= 11 is 0. The molecule has 0 saturated carbocycles. The molecule has 0 aliphatic heterocycles. The van der Waals surface area contributed by atoms with E-state index < -0.39 is 0 Å². The monoisotopic (exact) mass is 934 g/mol. The van der Waals surface area contributed by atoms with E-state index in [0.717, 1.165) is 89.4 Å². The topological polar surface area (TPSA) is 41.6 Å². The molecular formula is C67H42N4O2. The molecule has 10 aromatic carbocycles. The third-order valence-corrected chi connectivity index (χ3v) is 15.4. The van der Waals surface area contributed by atoms with Crippen molar-refractivity contribution in [2.45, 2.75) is 6.92 Å². The Morgan fingerprint density at radius 3 is 1.41 bits per heavy atom. The van der Waals surface area contributed by atoms with E-state index in [9.17, 15) is 0 Å². The molecular weight excluding hydrogens is 893 g/mol. The SMILES string of the molecule is C=Cc1oc2c(N(c3ccccc3)c3cccc4c3c3cccc5c6cc7c(cc6n4c53)c3cccc4c5c(N(c6ccccc6)c6cccc8c6oc6ccccc68)cccc5n7c34)cccc2c1/C=C\C. The summed E-state index contributed by atoms with van der Waals surface area (Å²) in [6.07, 6.45) is 5.97. The third-order valence-electron chi connectivity index (χ3n) is 15.4. The lowest BCUT2D eigenvalue weighted by Gasteiger charge is -2.26. The van der Waals surface area contributed by atoms with Gasteiger partial charge in [0, 0.05) is 76.2 Å². The molecule has 0 amide bonds. The Bertz CT molecular complexity index is 4950. The highest BCUT2D eigenvalue weighted by Crippen LogP contribution is 2.52. The van der Waals surface area contributed by atoms with E-state index in [0.29, 0.717) is 0 Å². The van der Waals surface area contributed by atoms with Crippen LogP contribution < -0.4 is 9.80 Å². The van der Waals surface area contributed by atoms with Crippen molar-refractivity contribution in [2.24, 2.45) is 0 Å². The van der Waals surface area contributed by atoms with Crippen LogP contribution in [0.1, 0.15) is 18.2 Å². The maximum Gasteiger partial charge on any atom is 0.159 e. The number of nitrogens with zero attached hydrogens (tertiary/aromatic N) is 4. The van der Waals surface area contributed by atoms with Crippen LogP contribution in [-0.4, -0.2) is 8.80 Å². The quantitative estimate of drug-likeness (QED) is 0.152. The summed E-state index contributed by atoms with van der Waals surface area (Å²) in [7, 11) is 0. The van der Waals surface area contributed by atoms with E-state index in [1.807, 2.05) is 19.1 Å². The van der Waals surface area contributed by atoms with Crippen LogP contribution in [0.5, 0.6) is 0 Å². The molecule has 6 heterocycles. The molecule has 16 rings (SSSR count). The van der Waals surface area contributed by atoms with Crippen molar-refractivity contribution < 1.29 is 8.83 Å². The van der Waals surface area contributed by atoms with Gasteiger partial charge in [-0.15, -0.1) is 0 Å². The highest BCUT2D eigenvalue weighted by Gasteiger charge is 2.29. The minimum absolute atomic E-state index is 0.758. The van der Waals surface area contributed by atoms with E-state index in [1.54, 1.807) is 0 Å². The van der Waals surface area contributed by atoms with Crippen LogP contribution in [0, 0.1) is 0 Å². The first-order chi connectivity index (χ1) is 36.2. The maximum absolute atomic E-state index is 6.73. The molecule has 0 aliphatic rings. The van der Waals surface area contributed by atoms with Gasteiger partial charge >= 0.3 is 0 Å². The molecule has 0 spiro atoms. The Kier molecular flexibility index (Phi) is 8.15. The molecule has 0 aliphatic carbocycles. The normalized spacial score (nSPS) is 12.5. The number of hydrogen-bond donors (Lipinski definition) is 0. The van der Waals surface area contributed by atoms with Gasteiger partial charge in [-0.3, -0.25) is 0 Å². The number of hydrogen-bond acceptors (Lipinski definition) is 4. The zero-order chi connectivity index (χ0) is 48.1. The summed E-state index contributed by atoms with van der Waals surface area (Å²) in [4.78, 5) is 4.75. The third kappa shape index (κ3) is 5.31. The van der Waals surface area contributed by atoms with Crippen molar-refractivity contribution in [2.75, 3.05) is 9.80 Å². The van der Waals surface area contributed by atoms with Gasteiger partial charge in [0.15, 0.2) is 11.2 Å². The minimum Gasteiger partial charge on any atom is -0.454 e. The first kappa shape index (κ1) is 40.0. The Hall–Kier alpha value is -9.78. The Labute approximate surface area is 418 Å².